The van der Waals surface area contributed by atoms with Gasteiger partial charge in [-0.3, -0.25) is 4.79 Å². The highest BCUT2D eigenvalue weighted by molar-refractivity contribution is 5.76. The van der Waals surface area contributed by atoms with Crippen LogP contribution in [-0.4, -0.2) is 47.7 Å². The molecule has 118 valence electrons. The molecule has 0 spiro atoms. The molecule has 1 amide bonds. The average Bonchev–Trinajstić information content (AvgIpc) is 3.18. The quantitative estimate of drug-likeness (QED) is 0.827. The maximum atomic E-state index is 12.5. The van der Waals surface area contributed by atoms with E-state index in [0.29, 0.717) is 18.3 Å². The number of tetrazole rings is 1. The molecular formula is C13H19N7O2. The number of rotatable bonds is 4. The molecule has 0 saturated carbocycles. The third-order valence-electron chi connectivity index (χ3n) is 3.77. The van der Waals surface area contributed by atoms with Gasteiger partial charge in [-0.2, -0.15) is 4.98 Å². The molecule has 3 rings (SSSR count). The van der Waals surface area contributed by atoms with Gasteiger partial charge in [0.1, 0.15) is 18.9 Å². The summed E-state index contributed by atoms with van der Waals surface area (Å²) in [7, 11) is 0. The smallest absolute Gasteiger partial charge is 0.249 e. The zero-order valence-corrected chi connectivity index (χ0v) is 12.7. The minimum absolute atomic E-state index is 0.0405. The lowest BCUT2D eigenvalue weighted by molar-refractivity contribution is -0.136. The van der Waals surface area contributed by atoms with Crippen molar-refractivity contribution in [3.05, 3.63) is 18.0 Å². The molecule has 0 bridgehead atoms. The van der Waals surface area contributed by atoms with Gasteiger partial charge in [0, 0.05) is 12.5 Å². The van der Waals surface area contributed by atoms with E-state index in [1.165, 1.54) is 11.0 Å². The number of hydrogen-bond acceptors (Lipinski definition) is 7. The highest BCUT2D eigenvalue weighted by Crippen LogP contribution is 2.30. The number of amides is 1. The van der Waals surface area contributed by atoms with Crippen LogP contribution >= 0.6 is 0 Å². The predicted molar refractivity (Wildman–Crippen MR) is 74.5 cm³/mol. The van der Waals surface area contributed by atoms with Crippen LogP contribution in [0.25, 0.3) is 0 Å². The van der Waals surface area contributed by atoms with Crippen molar-refractivity contribution in [2.75, 3.05) is 6.54 Å². The van der Waals surface area contributed by atoms with Crippen LogP contribution in [0.3, 0.4) is 0 Å². The lowest BCUT2D eigenvalue weighted by Crippen LogP contribution is -2.40. The molecule has 1 atom stereocenters. The van der Waals surface area contributed by atoms with Gasteiger partial charge in [0.15, 0.2) is 5.82 Å². The number of hydrogen-bond donors (Lipinski definition) is 0. The summed E-state index contributed by atoms with van der Waals surface area (Å²) in [6.07, 6.45) is 4.28. The Morgan fingerprint density at radius 2 is 2.32 bits per heavy atom. The Labute approximate surface area is 127 Å². The second kappa shape index (κ2) is 6.20. The molecule has 0 N–H and O–H groups in total. The van der Waals surface area contributed by atoms with Crippen LogP contribution in [-0.2, 0) is 11.3 Å². The summed E-state index contributed by atoms with van der Waals surface area (Å²) in [6.45, 7) is 4.83. The van der Waals surface area contributed by atoms with Gasteiger partial charge in [-0.1, -0.05) is 19.0 Å². The summed E-state index contributed by atoms with van der Waals surface area (Å²) >= 11 is 0. The first kappa shape index (κ1) is 14.6. The molecule has 9 heteroatoms. The largest absolute Gasteiger partial charge is 0.337 e. The van der Waals surface area contributed by atoms with Gasteiger partial charge in [0.25, 0.3) is 0 Å². The molecule has 22 heavy (non-hydrogen) atoms. The van der Waals surface area contributed by atoms with Crippen LogP contribution in [0, 0.1) is 0 Å². The molecule has 0 radical (unpaired) electrons. The first-order valence-corrected chi connectivity index (χ1v) is 7.49. The molecule has 9 nitrogen and oxygen atoms in total. The number of carbonyl (C=O) groups is 1. The normalized spacial score (nSPS) is 18.9. The van der Waals surface area contributed by atoms with Crippen LogP contribution in [0.2, 0.25) is 0 Å². The van der Waals surface area contributed by atoms with E-state index >= 15 is 0 Å². The van der Waals surface area contributed by atoms with Crippen molar-refractivity contribution in [1.82, 2.24) is 35.2 Å². The molecule has 2 aromatic heterocycles. The summed E-state index contributed by atoms with van der Waals surface area (Å²) in [5, 5.41) is 14.8. The summed E-state index contributed by atoms with van der Waals surface area (Å²) in [4.78, 5) is 18.7. The fraction of sp³-hybridized carbons (Fsp3) is 0.692. The van der Waals surface area contributed by atoms with E-state index in [4.69, 9.17) is 4.52 Å². The van der Waals surface area contributed by atoms with Crippen molar-refractivity contribution >= 4 is 5.91 Å². The fourth-order valence-corrected chi connectivity index (χ4v) is 2.59. The molecule has 1 saturated heterocycles. The topological polar surface area (TPSA) is 103 Å². The molecular weight excluding hydrogens is 286 g/mol. The third-order valence-corrected chi connectivity index (χ3v) is 3.77. The number of piperidine rings is 1. The molecule has 0 aliphatic carbocycles. The first-order chi connectivity index (χ1) is 10.6. The van der Waals surface area contributed by atoms with Crippen LogP contribution in [0.15, 0.2) is 10.9 Å². The molecule has 0 unspecified atom stereocenters. The number of carbonyl (C=O) groups excluding carboxylic acids is 1. The second-order valence-corrected chi connectivity index (χ2v) is 5.75. The minimum Gasteiger partial charge on any atom is -0.337 e. The highest BCUT2D eigenvalue weighted by atomic mass is 16.5. The zero-order valence-electron chi connectivity index (χ0n) is 12.7. The Bertz CT molecular complexity index is 622. The summed E-state index contributed by atoms with van der Waals surface area (Å²) in [5.41, 5.74) is 0. The Kier molecular flexibility index (Phi) is 4.12. The van der Waals surface area contributed by atoms with Gasteiger partial charge >= 0.3 is 0 Å². The van der Waals surface area contributed by atoms with Gasteiger partial charge in [0.2, 0.25) is 11.8 Å². The average molecular weight is 305 g/mol. The van der Waals surface area contributed by atoms with Gasteiger partial charge < -0.3 is 9.42 Å². The van der Waals surface area contributed by atoms with Crippen molar-refractivity contribution in [3.8, 4) is 0 Å². The Morgan fingerprint density at radius 3 is 3.00 bits per heavy atom. The van der Waals surface area contributed by atoms with E-state index in [1.807, 2.05) is 13.8 Å². The van der Waals surface area contributed by atoms with Crippen molar-refractivity contribution < 1.29 is 9.32 Å². The third kappa shape index (κ3) is 2.97. The highest BCUT2D eigenvalue weighted by Gasteiger charge is 2.32. The summed E-state index contributed by atoms with van der Waals surface area (Å²) in [5.74, 6) is 1.36. The minimum atomic E-state index is -0.155. The molecule has 0 aromatic carbocycles. The maximum absolute atomic E-state index is 12.5. The van der Waals surface area contributed by atoms with Gasteiger partial charge in [-0.15, -0.1) is 5.10 Å². The van der Waals surface area contributed by atoms with E-state index in [2.05, 4.69) is 25.7 Å². The first-order valence-electron chi connectivity index (χ1n) is 7.49. The monoisotopic (exact) mass is 305 g/mol. The molecule has 1 fully saturated rings. The fourth-order valence-electron chi connectivity index (χ4n) is 2.59. The van der Waals surface area contributed by atoms with E-state index in [-0.39, 0.29) is 24.4 Å². The zero-order chi connectivity index (χ0) is 15.5. The van der Waals surface area contributed by atoms with Crippen molar-refractivity contribution in [1.29, 1.82) is 0 Å². The summed E-state index contributed by atoms with van der Waals surface area (Å²) < 4.78 is 6.80. The van der Waals surface area contributed by atoms with Crippen LogP contribution < -0.4 is 0 Å². The van der Waals surface area contributed by atoms with E-state index in [9.17, 15) is 4.79 Å². The SMILES string of the molecule is CC(C)c1noc([C@H]2CCCCN2C(=O)Cn2cnnn2)n1. The van der Waals surface area contributed by atoms with Crippen molar-refractivity contribution in [3.63, 3.8) is 0 Å². The molecule has 1 aliphatic heterocycles. The van der Waals surface area contributed by atoms with E-state index < -0.39 is 0 Å². The lowest BCUT2D eigenvalue weighted by atomic mass is 10.0. The van der Waals surface area contributed by atoms with E-state index in [0.717, 1.165) is 19.3 Å². The molecule has 3 heterocycles. The van der Waals surface area contributed by atoms with Crippen molar-refractivity contribution in [2.45, 2.75) is 51.6 Å². The molecule has 1 aliphatic rings. The van der Waals surface area contributed by atoms with Crippen LogP contribution in [0.1, 0.15) is 56.8 Å². The Hall–Kier alpha value is -2.32. The maximum Gasteiger partial charge on any atom is 0.249 e. The number of likely N-dealkylation sites (tertiary alicyclic amines) is 1. The predicted octanol–water partition coefficient (Wildman–Crippen LogP) is 0.933. The van der Waals surface area contributed by atoms with Crippen LogP contribution in [0.5, 0.6) is 0 Å². The lowest BCUT2D eigenvalue weighted by Gasteiger charge is -2.33. The van der Waals surface area contributed by atoms with Gasteiger partial charge in [-0.25, -0.2) is 4.68 Å². The second-order valence-electron chi connectivity index (χ2n) is 5.75. The van der Waals surface area contributed by atoms with Gasteiger partial charge in [0.05, 0.1) is 0 Å². The van der Waals surface area contributed by atoms with Crippen LogP contribution in [0.4, 0.5) is 0 Å². The Balaban J connectivity index is 1.76. The van der Waals surface area contributed by atoms with Crippen molar-refractivity contribution in [2.24, 2.45) is 0 Å². The number of aromatic nitrogens is 6. The standard InChI is InChI=1S/C13H19N7O2/c1-9(2)12-15-13(22-16-12)10-5-3-4-6-20(10)11(21)7-19-8-14-17-18-19/h8-10H,3-7H2,1-2H3/t10-/m1/s1. The molecule has 2 aromatic rings. The summed E-state index contributed by atoms with van der Waals surface area (Å²) in [6, 6.07) is -0.155. The number of nitrogens with zero attached hydrogens (tertiary/aromatic N) is 7. The Morgan fingerprint density at radius 1 is 1.45 bits per heavy atom. The van der Waals surface area contributed by atoms with Gasteiger partial charge in [-0.05, 0) is 29.7 Å². The van der Waals surface area contributed by atoms with E-state index in [1.54, 1.807) is 4.90 Å².